The third-order valence-corrected chi connectivity index (χ3v) is 2.18. The van der Waals surface area contributed by atoms with Crippen molar-refractivity contribution >= 4 is 5.97 Å². The van der Waals surface area contributed by atoms with Crippen LogP contribution in [0, 0.1) is 12.7 Å². The largest absolute Gasteiger partial charge is 0.480 e. The zero-order chi connectivity index (χ0) is 11.4. The van der Waals surface area contributed by atoms with E-state index in [9.17, 15) is 9.18 Å². The summed E-state index contributed by atoms with van der Waals surface area (Å²) in [5.41, 5.74) is 0.951. The highest BCUT2D eigenvalue weighted by Crippen LogP contribution is 2.16. The van der Waals surface area contributed by atoms with Gasteiger partial charge >= 0.3 is 5.97 Å². The van der Waals surface area contributed by atoms with Crippen molar-refractivity contribution in [2.75, 3.05) is 6.54 Å². The fourth-order valence-electron chi connectivity index (χ4n) is 1.34. The van der Waals surface area contributed by atoms with E-state index in [1.807, 2.05) is 0 Å². The molecule has 15 heavy (non-hydrogen) atoms. The van der Waals surface area contributed by atoms with Crippen LogP contribution in [0.25, 0.3) is 0 Å². The number of carboxylic acid groups (broad SMARTS) is 1. The average molecular weight is 211 g/mol. The van der Waals surface area contributed by atoms with Crippen LogP contribution in [0.2, 0.25) is 0 Å². The second-order valence-corrected chi connectivity index (χ2v) is 3.34. The van der Waals surface area contributed by atoms with Gasteiger partial charge in [0, 0.05) is 0 Å². The summed E-state index contributed by atoms with van der Waals surface area (Å²) in [6, 6.07) is 3.62. The number of aryl methyl sites for hydroxylation is 1. The molecule has 82 valence electrons. The van der Waals surface area contributed by atoms with Crippen molar-refractivity contribution in [1.29, 1.82) is 0 Å². The molecule has 1 aromatic carbocycles. The van der Waals surface area contributed by atoms with Gasteiger partial charge in [0.25, 0.3) is 0 Å². The van der Waals surface area contributed by atoms with E-state index in [0.717, 1.165) is 0 Å². The maximum Gasteiger partial charge on any atom is 0.325 e. The van der Waals surface area contributed by atoms with Gasteiger partial charge < -0.3 is 10.4 Å². The molecule has 0 bridgehead atoms. The molecule has 0 aromatic heterocycles. The Bertz CT molecular complexity index is 366. The molecule has 0 spiro atoms. The molecule has 0 amide bonds. The van der Waals surface area contributed by atoms with Crippen LogP contribution < -0.4 is 5.32 Å². The van der Waals surface area contributed by atoms with E-state index < -0.39 is 12.0 Å². The lowest BCUT2D eigenvalue weighted by Gasteiger charge is -2.13. The number of hydrogen-bond donors (Lipinski definition) is 2. The molecule has 1 unspecified atom stereocenters. The third kappa shape index (κ3) is 2.76. The van der Waals surface area contributed by atoms with Gasteiger partial charge in [0.1, 0.15) is 11.9 Å². The summed E-state index contributed by atoms with van der Waals surface area (Å²) in [6.07, 6.45) is 0. The number of aliphatic carboxylic acids is 1. The minimum Gasteiger partial charge on any atom is -0.480 e. The van der Waals surface area contributed by atoms with Gasteiger partial charge in [0.05, 0.1) is 0 Å². The van der Waals surface area contributed by atoms with Gasteiger partial charge in [-0.05, 0) is 30.7 Å². The minimum absolute atomic E-state index is 0.378. The summed E-state index contributed by atoms with van der Waals surface area (Å²) in [5, 5.41) is 11.7. The van der Waals surface area contributed by atoms with Gasteiger partial charge in [-0.2, -0.15) is 0 Å². The standard InChI is InChI=1S/C11H14FNO2/c1-3-13-10(11(14)15)8-5-4-7(2)9(12)6-8/h4-6,10,13H,3H2,1-2H3,(H,14,15). The Kier molecular flexibility index (Phi) is 3.80. The molecule has 0 fully saturated rings. The Morgan fingerprint density at radius 1 is 1.60 bits per heavy atom. The minimum atomic E-state index is -1.000. The van der Waals surface area contributed by atoms with E-state index in [1.165, 1.54) is 6.07 Å². The van der Waals surface area contributed by atoms with Gasteiger partial charge in [-0.1, -0.05) is 19.1 Å². The SMILES string of the molecule is CCNC(C(=O)O)c1ccc(C)c(F)c1. The van der Waals surface area contributed by atoms with Crippen molar-refractivity contribution in [3.05, 3.63) is 35.1 Å². The van der Waals surface area contributed by atoms with Crippen molar-refractivity contribution < 1.29 is 14.3 Å². The summed E-state index contributed by atoms with van der Waals surface area (Å²) >= 11 is 0. The molecule has 0 saturated heterocycles. The summed E-state index contributed by atoms with van der Waals surface area (Å²) in [5.74, 6) is -1.38. The summed E-state index contributed by atoms with van der Waals surface area (Å²) in [4.78, 5) is 10.9. The van der Waals surface area contributed by atoms with Crippen LogP contribution in [-0.4, -0.2) is 17.6 Å². The monoisotopic (exact) mass is 211 g/mol. The number of halogens is 1. The van der Waals surface area contributed by atoms with Gasteiger partial charge in [-0.3, -0.25) is 4.79 Å². The van der Waals surface area contributed by atoms with Crippen LogP contribution in [-0.2, 0) is 4.79 Å². The molecule has 2 N–H and O–H groups in total. The lowest BCUT2D eigenvalue weighted by atomic mass is 10.0. The summed E-state index contributed by atoms with van der Waals surface area (Å²) in [6.45, 7) is 3.97. The number of carbonyl (C=O) groups is 1. The molecule has 0 aliphatic carbocycles. The molecule has 4 heteroatoms. The first-order valence-corrected chi connectivity index (χ1v) is 4.78. The second-order valence-electron chi connectivity index (χ2n) is 3.34. The maximum atomic E-state index is 13.2. The fourth-order valence-corrected chi connectivity index (χ4v) is 1.34. The van der Waals surface area contributed by atoms with Crippen molar-refractivity contribution in [3.8, 4) is 0 Å². The Hall–Kier alpha value is -1.42. The molecule has 1 aromatic rings. The molecule has 0 saturated carbocycles. The van der Waals surface area contributed by atoms with Crippen LogP contribution in [0.3, 0.4) is 0 Å². The van der Waals surface area contributed by atoms with Gasteiger partial charge in [-0.15, -0.1) is 0 Å². The van der Waals surface area contributed by atoms with E-state index in [2.05, 4.69) is 5.32 Å². The number of benzene rings is 1. The Morgan fingerprint density at radius 2 is 2.27 bits per heavy atom. The molecule has 0 radical (unpaired) electrons. The Morgan fingerprint density at radius 3 is 2.73 bits per heavy atom. The van der Waals surface area contributed by atoms with Crippen molar-refractivity contribution in [1.82, 2.24) is 5.32 Å². The van der Waals surface area contributed by atoms with Crippen LogP contribution >= 0.6 is 0 Å². The molecule has 0 aliphatic heterocycles. The number of likely N-dealkylation sites (N-methyl/N-ethyl adjacent to an activating group) is 1. The topological polar surface area (TPSA) is 49.3 Å². The summed E-state index contributed by atoms with van der Waals surface area (Å²) in [7, 11) is 0. The molecule has 1 rings (SSSR count). The predicted octanol–water partition coefficient (Wildman–Crippen LogP) is 1.87. The highest BCUT2D eigenvalue weighted by Gasteiger charge is 2.18. The lowest BCUT2D eigenvalue weighted by Crippen LogP contribution is -2.28. The lowest BCUT2D eigenvalue weighted by molar-refractivity contribution is -0.139. The average Bonchev–Trinajstić information content (AvgIpc) is 2.18. The highest BCUT2D eigenvalue weighted by atomic mass is 19.1. The Balaban J connectivity index is 3.01. The number of rotatable bonds is 4. The quantitative estimate of drug-likeness (QED) is 0.799. The first-order chi connectivity index (χ1) is 7.06. The van der Waals surface area contributed by atoms with E-state index in [0.29, 0.717) is 17.7 Å². The molecule has 0 aliphatic rings. The zero-order valence-corrected chi connectivity index (χ0v) is 8.75. The van der Waals surface area contributed by atoms with E-state index in [-0.39, 0.29) is 5.82 Å². The van der Waals surface area contributed by atoms with Crippen molar-refractivity contribution in [2.45, 2.75) is 19.9 Å². The molecule has 3 nitrogen and oxygen atoms in total. The van der Waals surface area contributed by atoms with E-state index in [1.54, 1.807) is 26.0 Å². The summed E-state index contributed by atoms with van der Waals surface area (Å²) < 4.78 is 13.2. The van der Waals surface area contributed by atoms with Crippen LogP contribution in [0.4, 0.5) is 4.39 Å². The third-order valence-electron chi connectivity index (χ3n) is 2.18. The van der Waals surface area contributed by atoms with Gasteiger partial charge in [0.2, 0.25) is 0 Å². The normalized spacial score (nSPS) is 12.5. The highest BCUT2D eigenvalue weighted by molar-refractivity contribution is 5.75. The molecule has 1 atom stereocenters. The Labute approximate surface area is 87.9 Å². The molecule has 0 heterocycles. The smallest absolute Gasteiger partial charge is 0.325 e. The first-order valence-electron chi connectivity index (χ1n) is 4.78. The van der Waals surface area contributed by atoms with Crippen LogP contribution in [0.5, 0.6) is 0 Å². The first kappa shape index (κ1) is 11.7. The number of hydrogen-bond acceptors (Lipinski definition) is 2. The second kappa shape index (κ2) is 4.89. The zero-order valence-electron chi connectivity index (χ0n) is 8.75. The van der Waals surface area contributed by atoms with Crippen LogP contribution in [0.15, 0.2) is 18.2 Å². The van der Waals surface area contributed by atoms with Crippen molar-refractivity contribution in [2.24, 2.45) is 0 Å². The maximum absolute atomic E-state index is 13.2. The van der Waals surface area contributed by atoms with E-state index in [4.69, 9.17) is 5.11 Å². The molecular formula is C11H14FNO2. The van der Waals surface area contributed by atoms with Gasteiger partial charge in [-0.25, -0.2) is 4.39 Å². The van der Waals surface area contributed by atoms with Crippen molar-refractivity contribution in [3.63, 3.8) is 0 Å². The number of nitrogens with one attached hydrogen (secondary N) is 1. The van der Waals surface area contributed by atoms with Gasteiger partial charge in [0.15, 0.2) is 0 Å². The predicted molar refractivity (Wildman–Crippen MR) is 55.2 cm³/mol. The molecular weight excluding hydrogens is 197 g/mol. The number of carboxylic acids is 1. The van der Waals surface area contributed by atoms with E-state index >= 15 is 0 Å². The van der Waals surface area contributed by atoms with Crippen LogP contribution in [0.1, 0.15) is 24.1 Å². The fraction of sp³-hybridized carbons (Fsp3) is 0.364.